The summed E-state index contributed by atoms with van der Waals surface area (Å²) >= 11 is 0. The van der Waals surface area contributed by atoms with Crippen molar-refractivity contribution in [2.75, 3.05) is 18.8 Å². The number of amides is 1. The summed E-state index contributed by atoms with van der Waals surface area (Å²) < 4.78 is 0. The molecule has 0 radical (unpaired) electrons. The molecule has 112 valence electrons. The third-order valence-electron chi connectivity index (χ3n) is 3.96. The predicted molar refractivity (Wildman–Crippen MR) is 75.8 cm³/mol. The van der Waals surface area contributed by atoms with Gasteiger partial charge in [0.05, 0.1) is 4.92 Å². The molecule has 1 atom stereocenters. The maximum Gasteiger partial charge on any atom is 0.300 e. The number of carbonyl (C=O) groups is 1. The van der Waals surface area contributed by atoms with E-state index in [0.29, 0.717) is 6.04 Å². The summed E-state index contributed by atoms with van der Waals surface area (Å²) in [6.45, 7) is 1.78. The first-order chi connectivity index (χ1) is 10.0. The van der Waals surface area contributed by atoms with E-state index in [1.165, 1.54) is 18.9 Å². The van der Waals surface area contributed by atoms with Crippen LogP contribution in [0, 0.1) is 10.1 Å². The second kappa shape index (κ2) is 5.28. The SMILES string of the molecule is Nc1cc(C(=O)NC2CCN(C3CC3)C2)c([N+](=O)[O-])cn1. The summed E-state index contributed by atoms with van der Waals surface area (Å²) in [7, 11) is 0. The Kier molecular flexibility index (Phi) is 3.46. The fraction of sp³-hybridized carbons (Fsp3) is 0.538. The standard InChI is InChI=1S/C13H17N5O3/c14-12-5-10(11(6-15-12)18(20)21)13(19)16-8-3-4-17(7-8)9-1-2-9/h5-6,8-9H,1-4,7H2,(H2,14,15)(H,16,19). The molecule has 0 aromatic carbocycles. The van der Waals surface area contributed by atoms with Gasteiger partial charge in [0.1, 0.15) is 17.6 Å². The van der Waals surface area contributed by atoms with Crippen LogP contribution < -0.4 is 11.1 Å². The Morgan fingerprint density at radius 2 is 2.24 bits per heavy atom. The van der Waals surface area contributed by atoms with Crippen LogP contribution in [0.25, 0.3) is 0 Å². The molecule has 1 unspecified atom stereocenters. The summed E-state index contributed by atoms with van der Waals surface area (Å²) in [6, 6.07) is 1.95. The van der Waals surface area contributed by atoms with Gasteiger partial charge in [0, 0.05) is 25.2 Å². The molecule has 1 aliphatic carbocycles. The summed E-state index contributed by atoms with van der Waals surface area (Å²) in [6.07, 6.45) is 4.35. The van der Waals surface area contributed by atoms with Gasteiger partial charge < -0.3 is 11.1 Å². The molecular formula is C13H17N5O3. The second-order valence-corrected chi connectivity index (χ2v) is 5.57. The lowest BCUT2D eigenvalue weighted by Crippen LogP contribution is -2.37. The minimum absolute atomic E-state index is 0.0302. The number of hydrogen-bond donors (Lipinski definition) is 2. The number of pyridine rings is 1. The van der Waals surface area contributed by atoms with Crippen LogP contribution in [0.3, 0.4) is 0 Å². The number of nitro groups is 1. The average molecular weight is 291 g/mol. The minimum Gasteiger partial charge on any atom is -0.384 e. The molecule has 1 saturated heterocycles. The maximum atomic E-state index is 12.3. The van der Waals surface area contributed by atoms with E-state index in [0.717, 1.165) is 25.7 Å². The fourth-order valence-corrected chi connectivity index (χ4v) is 2.73. The Labute approximate surface area is 121 Å². The van der Waals surface area contributed by atoms with Crippen LogP contribution in [0.15, 0.2) is 12.3 Å². The molecule has 0 bridgehead atoms. The normalized spacial score (nSPS) is 22.2. The highest BCUT2D eigenvalue weighted by Gasteiger charge is 2.35. The van der Waals surface area contributed by atoms with Gasteiger partial charge in [-0.3, -0.25) is 19.8 Å². The van der Waals surface area contributed by atoms with Crippen molar-refractivity contribution in [1.82, 2.24) is 15.2 Å². The minimum atomic E-state index is -0.619. The lowest BCUT2D eigenvalue weighted by atomic mass is 10.2. The van der Waals surface area contributed by atoms with Crippen molar-refractivity contribution in [3.05, 3.63) is 27.9 Å². The van der Waals surface area contributed by atoms with Crippen molar-refractivity contribution in [1.29, 1.82) is 0 Å². The van der Waals surface area contributed by atoms with E-state index in [1.807, 2.05) is 0 Å². The van der Waals surface area contributed by atoms with Gasteiger partial charge in [0.15, 0.2) is 0 Å². The van der Waals surface area contributed by atoms with Crippen molar-refractivity contribution in [3.63, 3.8) is 0 Å². The molecule has 0 spiro atoms. The topological polar surface area (TPSA) is 114 Å². The highest BCUT2D eigenvalue weighted by Crippen LogP contribution is 2.30. The first-order valence-electron chi connectivity index (χ1n) is 6.99. The van der Waals surface area contributed by atoms with E-state index < -0.39 is 10.8 Å². The summed E-state index contributed by atoms with van der Waals surface area (Å²) in [5.74, 6) is -0.366. The van der Waals surface area contributed by atoms with Crippen molar-refractivity contribution < 1.29 is 9.72 Å². The average Bonchev–Trinajstić information content (AvgIpc) is 3.19. The molecule has 2 heterocycles. The van der Waals surface area contributed by atoms with Crippen LogP contribution in [-0.2, 0) is 0 Å². The van der Waals surface area contributed by atoms with E-state index >= 15 is 0 Å². The van der Waals surface area contributed by atoms with Crippen LogP contribution in [-0.4, -0.2) is 45.9 Å². The van der Waals surface area contributed by atoms with E-state index in [4.69, 9.17) is 5.73 Å². The van der Waals surface area contributed by atoms with Crippen molar-refractivity contribution in [3.8, 4) is 0 Å². The lowest BCUT2D eigenvalue weighted by Gasteiger charge is -2.15. The highest BCUT2D eigenvalue weighted by atomic mass is 16.6. The first kappa shape index (κ1) is 13.7. The Morgan fingerprint density at radius 3 is 2.90 bits per heavy atom. The summed E-state index contributed by atoms with van der Waals surface area (Å²) in [4.78, 5) is 28.6. The number of hydrogen-bond acceptors (Lipinski definition) is 6. The van der Waals surface area contributed by atoms with Gasteiger partial charge in [0.2, 0.25) is 0 Å². The van der Waals surface area contributed by atoms with Crippen molar-refractivity contribution in [2.45, 2.75) is 31.3 Å². The molecule has 1 aliphatic heterocycles. The zero-order valence-corrected chi connectivity index (χ0v) is 11.5. The van der Waals surface area contributed by atoms with Crippen LogP contribution >= 0.6 is 0 Å². The number of rotatable bonds is 4. The molecule has 3 rings (SSSR count). The molecule has 21 heavy (non-hydrogen) atoms. The monoisotopic (exact) mass is 291 g/mol. The Balaban J connectivity index is 1.70. The van der Waals surface area contributed by atoms with E-state index in [1.54, 1.807) is 0 Å². The zero-order valence-electron chi connectivity index (χ0n) is 11.5. The molecule has 2 fully saturated rings. The van der Waals surface area contributed by atoms with Gasteiger partial charge >= 0.3 is 0 Å². The van der Waals surface area contributed by atoms with Crippen LogP contribution in [0.4, 0.5) is 11.5 Å². The number of carbonyl (C=O) groups excluding carboxylic acids is 1. The Morgan fingerprint density at radius 1 is 1.48 bits per heavy atom. The van der Waals surface area contributed by atoms with Crippen molar-refractivity contribution in [2.24, 2.45) is 0 Å². The number of nitrogen functional groups attached to an aromatic ring is 1. The highest BCUT2D eigenvalue weighted by molar-refractivity contribution is 5.98. The third kappa shape index (κ3) is 2.94. The second-order valence-electron chi connectivity index (χ2n) is 5.57. The van der Waals surface area contributed by atoms with Crippen LogP contribution in [0.5, 0.6) is 0 Å². The largest absolute Gasteiger partial charge is 0.384 e. The number of likely N-dealkylation sites (tertiary alicyclic amines) is 1. The molecule has 3 N–H and O–H groups in total. The molecule has 8 nitrogen and oxygen atoms in total. The molecule has 1 saturated carbocycles. The molecule has 8 heteroatoms. The molecule has 2 aliphatic rings. The predicted octanol–water partition coefficient (Wildman–Crippen LogP) is 0.538. The number of anilines is 1. The number of nitrogens with zero attached hydrogens (tertiary/aromatic N) is 3. The Hall–Kier alpha value is -2.22. The zero-order chi connectivity index (χ0) is 15.0. The number of nitrogens with one attached hydrogen (secondary N) is 1. The molecular weight excluding hydrogens is 274 g/mol. The van der Waals surface area contributed by atoms with Gasteiger partial charge in [0.25, 0.3) is 11.6 Å². The first-order valence-corrected chi connectivity index (χ1v) is 6.99. The van der Waals surface area contributed by atoms with Gasteiger partial charge in [-0.05, 0) is 25.3 Å². The molecule has 1 amide bonds. The smallest absolute Gasteiger partial charge is 0.300 e. The van der Waals surface area contributed by atoms with Crippen molar-refractivity contribution >= 4 is 17.4 Å². The Bertz CT molecular complexity index is 587. The molecule has 1 aromatic heterocycles. The fourth-order valence-electron chi connectivity index (χ4n) is 2.73. The van der Waals surface area contributed by atoms with E-state index in [2.05, 4.69) is 15.2 Å². The third-order valence-corrected chi connectivity index (χ3v) is 3.96. The van der Waals surface area contributed by atoms with Gasteiger partial charge in [-0.1, -0.05) is 0 Å². The van der Waals surface area contributed by atoms with Gasteiger partial charge in [-0.2, -0.15) is 0 Å². The molecule has 1 aromatic rings. The van der Waals surface area contributed by atoms with Crippen LogP contribution in [0.1, 0.15) is 29.6 Å². The van der Waals surface area contributed by atoms with Gasteiger partial charge in [-0.15, -0.1) is 0 Å². The summed E-state index contributed by atoms with van der Waals surface area (Å²) in [5, 5.41) is 13.8. The van der Waals surface area contributed by atoms with E-state index in [9.17, 15) is 14.9 Å². The van der Waals surface area contributed by atoms with Crippen LogP contribution in [0.2, 0.25) is 0 Å². The quantitative estimate of drug-likeness (QED) is 0.618. The number of nitrogens with two attached hydrogens (primary N) is 1. The maximum absolute atomic E-state index is 12.3. The summed E-state index contributed by atoms with van der Waals surface area (Å²) in [5.41, 5.74) is 5.17. The number of aromatic nitrogens is 1. The van der Waals surface area contributed by atoms with E-state index in [-0.39, 0.29) is 23.1 Å². The van der Waals surface area contributed by atoms with Gasteiger partial charge in [-0.25, -0.2) is 4.98 Å². The lowest BCUT2D eigenvalue weighted by molar-refractivity contribution is -0.385.